The Morgan fingerprint density at radius 1 is 1.00 bits per heavy atom. The van der Waals surface area contributed by atoms with Crippen LogP contribution in [0.1, 0.15) is 11.1 Å². The Morgan fingerprint density at radius 3 is 2.38 bits per heavy atom. The number of carbonyl (C=O) groups is 1. The summed E-state index contributed by atoms with van der Waals surface area (Å²) in [5, 5.41) is 0. The van der Waals surface area contributed by atoms with Gasteiger partial charge in [0.1, 0.15) is 5.78 Å². The van der Waals surface area contributed by atoms with Crippen LogP contribution in [0.5, 0.6) is 0 Å². The molecule has 2 rings (SSSR count). The molecule has 1 nitrogen and oxygen atoms in total. The summed E-state index contributed by atoms with van der Waals surface area (Å²) in [4.78, 5) is 12.8. The van der Waals surface area contributed by atoms with Crippen LogP contribution >= 0.6 is 11.8 Å². The third-order valence-electron chi connectivity index (χ3n) is 2.80. The lowest BCUT2D eigenvalue weighted by Crippen LogP contribution is -2.09. The minimum Gasteiger partial charge on any atom is -0.298 e. The van der Waals surface area contributed by atoms with Gasteiger partial charge in [-0.3, -0.25) is 4.79 Å². The van der Waals surface area contributed by atoms with E-state index < -0.39 is 11.7 Å². The van der Waals surface area contributed by atoms with E-state index in [0.29, 0.717) is 5.56 Å². The third-order valence-corrected chi connectivity index (χ3v) is 3.87. The van der Waals surface area contributed by atoms with Gasteiger partial charge in [0, 0.05) is 11.3 Å². The molecule has 0 unspecified atom stereocenters. The van der Waals surface area contributed by atoms with E-state index >= 15 is 0 Å². The molecule has 0 aromatic heterocycles. The van der Waals surface area contributed by atoms with E-state index in [1.807, 2.05) is 30.3 Å². The lowest BCUT2D eigenvalue weighted by atomic mass is 10.1. The lowest BCUT2D eigenvalue weighted by Gasteiger charge is -2.08. The fourth-order valence-corrected chi connectivity index (χ4v) is 2.60. The second kappa shape index (κ2) is 6.80. The van der Waals surface area contributed by atoms with Gasteiger partial charge in [-0.1, -0.05) is 36.4 Å². The van der Waals surface area contributed by atoms with Crippen LogP contribution in [0.15, 0.2) is 59.5 Å². The first-order valence-corrected chi connectivity index (χ1v) is 7.29. The highest BCUT2D eigenvalue weighted by Gasteiger charge is 2.30. The number of rotatable bonds is 5. The summed E-state index contributed by atoms with van der Waals surface area (Å²) in [6, 6.07) is 14.3. The normalized spacial score (nSPS) is 11.4. The van der Waals surface area contributed by atoms with E-state index in [2.05, 4.69) is 0 Å². The molecule has 0 aliphatic heterocycles. The standard InChI is InChI=1S/C16H13F3OS/c17-16(18,19)13-6-4-5-12(9-13)10-14(20)11-21-15-7-2-1-3-8-15/h1-9H,10-11H2. The van der Waals surface area contributed by atoms with Gasteiger partial charge in [0.05, 0.1) is 11.3 Å². The average Bonchev–Trinajstić information content (AvgIpc) is 2.46. The topological polar surface area (TPSA) is 17.1 Å². The molecule has 21 heavy (non-hydrogen) atoms. The summed E-state index contributed by atoms with van der Waals surface area (Å²) in [6.45, 7) is 0. The Labute approximate surface area is 125 Å². The zero-order chi connectivity index (χ0) is 15.3. The van der Waals surface area contributed by atoms with Gasteiger partial charge in [-0.15, -0.1) is 11.8 Å². The Hall–Kier alpha value is -1.75. The Balaban J connectivity index is 1.94. The Bertz CT molecular complexity index is 608. The molecule has 0 saturated heterocycles. The Kier molecular flexibility index (Phi) is 5.07. The highest BCUT2D eigenvalue weighted by atomic mass is 32.2. The number of Topliss-reactive ketones (excluding diaryl/α,β-unsaturated/α-hetero) is 1. The molecular formula is C16H13F3OS. The molecule has 0 spiro atoms. The van der Waals surface area contributed by atoms with Crippen molar-refractivity contribution in [2.45, 2.75) is 17.5 Å². The highest BCUT2D eigenvalue weighted by Crippen LogP contribution is 2.29. The van der Waals surface area contributed by atoms with Crippen molar-refractivity contribution < 1.29 is 18.0 Å². The molecule has 0 aliphatic rings. The Morgan fingerprint density at radius 2 is 1.71 bits per heavy atom. The zero-order valence-corrected chi connectivity index (χ0v) is 11.9. The number of thioether (sulfide) groups is 1. The second-order valence-corrected chi connectivity index (χ2v) is 5.56. The molecule has 2 aromatic rings. The first kappa shape index (κ1) is 15.6. The third kappa shape index (κ3) is 4.93. The largest absolute Gasteiger partial charge is 0.416 e. The van der Waals surface area contributed by atoms with Gasteiger partial charge in [0.25, 0.3) is 0 Å². The van der Waals surface area contributed by atoms with Crippen LogP contribution in [0.2, 0.25) is 0 Å². The van der Waals surface area contributed by atoms with Crippen molar-refractivity contribution in [3.05, 3.63) is 65.7 Å². The summed E-state index contributed by atoms with van der Waals surface area (Å²) in [6.07, 6.45) is -4.36. The van der Waals surface area contributed by atoms with Crippen molar-refractivity contribution in [1.29, 1.82) is 0 Å². The molecule has 2 aromatic carbocycles. The molecular weight excluding hydrogens is 297 g/mol. The van der Waals surface area contributed by atoms with Gasteiger partial charge < -0.3 is 0 Å². The number of alkyl halides is 3. The number of benzene rings is 2. The number of carbonyl (C=O) groups excluding carboxylic acids is 1. The van der Waals surface area contributed by atoms with Crippen molar-refractivity contribution in [1.82, 2.24) is 0 Å². The monoisotopic (exact) mass is 310 g/mol. The van der Waals surface area contributed by atoms with Crippen LogP contribution in [0.4, 0.5) is 13.2 Å². The summed E-state index contributed by atoms with van der Waals surface area (Å²) in [5.41, 5.74) is -0.327. The van der Waals surface area contributed by atoms with Crippen LogP contribution < -0.4 is 0 Å². The van der Waals surface area contributed by atoms with E-state index in [-0.39, 0.29) is 18.0 Å². The first-order chi connectivity index (χ1) is 9.95. The van der Waals surface area contributed by atoms with Crippen molar-refractivity contribution in [2.75, 3.05) is 5.75 Å². The molecule has 0 aliphatic carbocycles. The fourth-order valence-electron chi connectivity index (χ4n) is 1.82. The number of halogens is 3. The van der Waals surface area contributed by atoms with Crippen molar-refractivity contribution in [3.8, 4) is 0 Å². The maximum Gasteiger partial charge on any atom is 0.416 e. The van der Waals surface area contributed by atoms with Crippen LogP contribution in [-0.2, 0) is 17.4 Å². The van der Waals surface area contributed by atoms with Crippen molar-refractivity contribution >= 4 is 17.5 Å². The first-order valence-electron chi connectivity index (χ1n) is 6.31. The van der Waals surface area contributed by atoms with Crippen LogP contribution in [0.3, 0.4) is 0 Å². The van der Waals surface area contributed by atoms with Gasteiger partial charge in [-0.05, 0) is 23.8 Å². The molecule has 0 N–H and O–H groups in total. The number of hydrogen-bond acceptors (Lipinski definition) is 2. The summed E-state index contributed by atoms with van der Waals surface area (Å²) in [5.74, 6) is 0.156. The van der Waals surface area contributed by atoms with Crippen LogP contribution in [0.25, 0.3) is 0 Å². The molecule has 0 bridgehead atoms. The predicted octanol–water partition coefficient (Wildman–Crippen LogP) is 4.61. The maximum absolute atomic E-state index is 12.6. The summed E-state index contributed by atoms with van der Waals surface area (Å²) < 4.78 is 37.8. The maximum atomic E-state index is 12.6. The highest BCUT2D eigenvalue weighted by molar-refractivity contribution is 8.00. The van der Waals surface area contributed by atoms with Crippen molar-refractivity contribution in [2.24, 2.45) is 0 Å². The van der Waals surface area contributed by atoms with Crippen LogP contribution in [-0.4, -0.2) is 11.5 Å². The minimum absolute atomic E-state index is 0.0176. The zero-order valence-electron chi connectivity index (χ0n) is 11.1. The predicted molar refractivity (Wildman–Crippen MR) is 77.3 cm³/mol. The molecule has 0 saturated carbocycles. The number of ketones is 1. The number of hydrogen-bond donors (Lipinski definition) is 0. The average molecular weight is 310 g/mol. The molecule has 0 fully saturated rings. The molecule has 0 amide bonds. The van der Waals surface area contributed by atoms with E-state index in [4.69, 9.17) is 0 Å². The second-order valence-electron chi connectivity index (χ2n) is 4.52. The van der Waals surface area contributed by atoms with Crippen molar-refractivity contribution in [3.63, 3.8) is 0 Å². The van der Waals surface area contributed by atoms with Gasteiger partial charge in [0.15, 0.2) is 0 Å². The van der Waals surface area contributed by atoms with Gasteiger partial charge in [-0.2, -0.15) is 13.2 Å². The minimum atomic E-state index is -4.38. The SMILES string of the molecule is O=C(CSc1ccccc1)Cc1cccc(C(F)(F)F)c1. The quantitative estimate of drug-likeness (QED) is 0.750. The fraction of sp³-hybridized carbons (Fsp3) is 0.188. The van der Waals surface area contributed by atoms with E-state index in [1.54, 1.807) is 6.07 Å². The van der Waals surface area contributed by atoms with Gasteiger partial charge in [-0.25, -0.2) is 0 Å². The van der Waals surface area contributed by atoms with E-state index in [9.17, 15) is 18.0 Å². The molecule has 5 heteroatoms. The van der Waals surface area contributed by atoms with Gasteiger partial charge in [0.2, 0.25) is 0 Å². The van der Waals surface area contributed by atoms with Gasteiger partial charge >= 0.3 is 6.18 Å². The summed E-state index contributed by atoms with van der Waals surface area (Å²) in [7, 11) is 0. The molecule has 0 radical (unpaired) electrons. The van der Waals surface area contributed by atoms with Crippen LogP contribution in [0, 0.1) is 0 Å². The molecule has 0 heterocycles. The molecule has 0 atom stereocenters. The van der Waals surface area contributed by atoms with E-state index in [1.165, 1.54) is 17.8 Å². The lowest BCUT2D eigenvalue weighted by molar-refractivity contribution is -0.137. The summed E-state index contributed by atoms with van der Waals surface area (Å²) >= 11 is 1.39. The van der Waals surface area contributed by atoms with E-state index in [0.717, 1.165) is 17.0 Å². The molecule has 110 valence electrons. The smallest absolute Gasteiger partial charge is 0.298 e.